The number of ketones is 1. The summed E-state index contributed by atoms with van der Waals surface area (Å²) in [6.07, 6.45) is 6.24. The highest BCUT2D eigenvalue weighted by atomic mass is 32.2. The van der Waals surface area contributed by atoms with E-state index in [0.29, 0.717) is 41.3 Å². The van der Waals surface area contributed by atoms with E-state index in [-0.39, 0.29) is 11.9 Å². The maximum absolute atomic E-state index is 12.2. The number of thiocarbonyl (C=S) groups is 1. The minimum absolute atomic E-state index is 0.224. The average Bonchev–Trinajstić information content (AvgIpc) is 3.09. The van der Waals surface area contributed by atoms with Crippen LogP contribution in [0.15, 0.2) is 47.5 Å². The molecular formula is C38H62N4O5S2. The van der Waals surface area contributed by atoms with Gasteiger partial charge in [-0.05, 0) is 114 Å². The number of hydrogen-bond acceptors (Lipinski definition) is 7. The normalized spacial score (nSPS) is 12.8. The molecule has 0 spiro atoms. The van der Waals surface area contributed by atoms with Crippen LogP contribution >= 0.6 is 24.0 Å². The number of aryl methyl sites for hydroxylation is 2. The lowest BCUT2D eigenvalue weighted by atomic mass is 9.91. The zero-order valence-electron chi connectivity index (χ0n) is 31.6. The number of likely N-dealkylation sites (N-methyl/N-ethyl adjacent to an activating group) is 1. The molecule has 0 aliphatic heterocycles. The molecule has 1 aliphatic rings. The van der Waals surface area contributed by atoms with E-state index in [1.165, 1.54) is 32.1 Å². The lowest BCUT2D eigenvalue weighted by Gasteiger charge is -2.26. The van der Waals surface area contributed by atoms with Crippen LogP contribution in [0.4, 0.5) is 10.5 Å². The number of benzene rings is 2. The van der Waals surface area contributed by atoms with Crippen LogP contribution in [0.3, 0.4) is 0 Å². The van der Waals surface area contributed by atoms with Gasteiger partial charge in [-0.2, -0.15) is 4.99 Å². The topological polar surface area (TPSA) is 126 Å². The van der Waals surface area contributed by atoms with Gasteiger partial charge in [0.1, 0.15) is 24.6 Å². The number of nitrogens with two attached hydrogens (primary N) is 1. The fraction of sp³-hybridized carbons (Fsp3) is 0.579. The van der Waals surface area contributed by atoms with E-state index in [1.54, 1.807) is 28.8 Å². The van der Waals surface area contributed by atoms with Crippen molar-refractivity contribution >= 4 is 51.8 Å². The van der Waals surface area contributed by atoms with Crippen LogP contribution in [0.25, 0.3) is 0 Å². The number of thioether (sulfide) groups is 1. The number of carbonyl (C=O) groups is 2. The van der Waals surface area contributed by atoms with Gasteiger partial charge >= 0.3 is 6.09 Å². The minimum Gasteiger partial charge on any atom is -0.492 e. The molecule has 1 amide bonds. The molecule has 0 heterocycles. The summed E-state index contributed by atoms with van der Waals surface area (Å²) in [6.45, 7) is 20.4. The number of ether oxygens (including phenoxy) is 2. The van der Waals surface area contributed by atoms with Crippen LogP contribution < -0.4 is 15.8 Å². The molecule has 0 aromatic heterocycles. The molecule has 11 heteroatoms. The second-order valence-corrected chi connectivity index (χ2v) is 13.4. The van der Waals surface area contributed by atoms with Crippen molar-refractivity contribution in [3.8, 4) is 5.75 Å². The standard InChI is InChI=1S/C24H38N4O3S2.C10H12O2.2C2H6/c1-5-28(23(29)31-24(2,3)4)15-16-30-20-13-11-19(12-14-20)26-22(32)27-21(25)33-17-18-9-7-6-8-10-18;1-7-3-4-9(5-8(7)2)10(12)6-11;2*1-2/h11-14,18H,5-10,15-17H2,1-4H3,(H3,25,26,27,32);3-5,11H,6H2,1-2H3;2*1-2H3. The van der Waals surface area contributed by atoms with Gasteiger partial charge in [0.25, 0.3) is 0 Å². The number of anilines is 1. The molecule has 0 unspecified atom stereocenters. The van der Waals surface area contributed by atoms with Crippen molar-refractivity contribution in [3.63, 3.8) is 0 Å². The molecule has 49 heavy (non-hydrogen) atoms. The third kappa shape index (κ3) is 20.2. The third-order valence-electron chi connectivity index (χ3n) is 7.14. The van der Waals surface area contributed by atoms with E-state index in [2.05, 4.69) is 10.3 Å². The second kappa shape index (κ2) is 25.8. The first kappa shape index (κ1) is 45.9. The first-order chi connectivity index (χ1) is 23.3. The Hall–Kier alpha value is -3.15. The zero-order valence-corrected chi connectivity index (χ0v) is 33.2. The minimum atomic E-state index is -0.516. The molecule has 276 valence electrons. The molecule has 1 fully saturated rings. The predicted octanol–water partition coefficient (Wildman–Crippen LogP) is 9.18. The third-order valence-corrected chi connectivity index (χ3v) is 8.36. The van der Waals surface area contributed by atoms with Crippen LogP contribution in [0.5, 0.6) is 5.75 Å². The smallest absolute Gasteiger partial charge is 0.410 e. The highest BCUT2D eigenvalue weighted by molar-refractivity contribution is 8.13. The van der Waals surface area contributed by atoms with Crippen LogP contribution in [0.2, 0.25) is 0 Å². The summed E-state index contributed by atoms with van der Waals surface area (Å²) in [7, 11) is 0. The lowest BCUT2D eigenvalue weighted by Crippen LogP contribution is -2.38. The van der Waals surface area contributed by atoms with Crippen molar-refractivity contribution < 1.29 is 24.2 Å². The monoisotopic (exact) mass is 718 g/mol. The van der Waals surface area contributed by atoms with Crippen molar-refractivity contribution in [2.24, 2.45) is 16.6 Å². The lowest BCUT2D eigenvalue weighted by molar-refractivity contribution is 0.0237. The second-order valence-electron chi connectivity index (χ2n) is 12.0. The summed E-state index contributed by atoms with van der Waals surface area (Å²) in [5.41, 5.74) is 9.16. The highest BCUT2D eigenvalue weighted by Crippen LogP contribution is 2.26. The van der Waals surface area contributed by atoms with Crippen molar-refractivity contribution in [1.82, 2.24) is 4.90 Å². The number of carbonyl (C=O) groups excluding carboxylic acids is 2. The van der Waals surface area contributed by atoms with Crippen LogP contribution in [0.1, 0.15) is 109 Å². The van der Waals surface area contributed by atoms with E-state index in [4.69, 9.17) is 32.5 Å². The molecule has 1 saturated carbocycles. The van der Waals surface area contributed by atoms with E-state index in [1.807, 2.05) is 99.6 Å². The number of aliphatic imine (C=N–C) groups is 1. The van der Waals surface area contributed by atoms with Gasteiger partial charge in [0.05, 0.1) is 6.54 Å². The maximum atomic E-state index is 12.2. The molecule has 0 saturated heterocycles. The molecular weight excluding hydrogens is 657 g/mol. The summed E-state index contributed by atoms with van der Waals surface area (Å²) in [5.74, 6) is 2.23. The SMILES string of the molecule is CC.CC.CCN(CCOc1ccc(NC(=S)/N=C(\N)SCC2CCCCC2)cc1)C(=O)OC(C)(C)C.Cc1ccc(C(=O)CO)cc1C. The predicted molar refractivity (Wildman–Crippen MR) is 212 cm³/mol. The van der Waals surface area contributed by atoms with Gasteiger partial charge in [0.2, 0.25) is 0 Å². The molecule has 2 aromatic rings. The number of nitrogens with one attached hydrogen (secondary N) is 1. The summed E-state index contributed by atoms with van der Waals surface area (Å²) in [4.78, 5) is 29.1. The van der Waals surface area contributed by atoms with Crippen molar-refractivity contribution in [2.45, 2.75) is 107 Å². The Morgan fingerprint density at radius 2 is 1.63 bits per heavy atom. The molecule has 0 atom stereocenters. The number of Topliss-reactive ketones (excluding diaryl/α,β-unsaturated/α-hetero) is 1. The maximum Gasteiger partial charge on any atom is 0.410 e. The number of rotatable bonds is 10. The molecule has 1 aliphatic carbocycles. The number of hydrogen-bond donors (Lipinski definition) is 3. The first-order valence-electron chi connectivity index (χ1n) is 17.5. The van der Waals surface area contributed by atoms with Gasteiger partial charge in [0, 0.05) is 23.5 Å². The van der Waals surface area contributed by atoms with E-state index in [9.17, 15) is 9.59 Å². The Labute approximate surface area is 305 Å². The molecule has 0 bridgehead atoms. The Bertz CT molecular complexity index is 1270. The van der Waals surface area contributed by atoms with Gasteiger partial charge < -0.3 is 30.5 Å². The van der Waals surface area contributed by atoms with Gasteiger partial charge in [-0.15, -0.1) is 0 Å². The molecule has 3 rings (SSSR count). The summed E-state index contributed by atoms with van der Waals surface area (Å²) in [5, 5.41) is 12.5. The molecule has 2 aromatic carbocycles. The number of amidine groups is 1. The molecule has 9 nitrogen and oxygen atoms in total. The summed E-state index contributed by atoms with van der Waals surface area (Å²) in [6, 6.07) is 12.9. The van der Waals surface area contributed by atoms with Crippen molar-refractivity contribution in [2.75, 3.05) is 37.4 Å². The zero-order chi connectivity index (χ0) is 37.4. The van der Waals surface area contributed by atoms with Crippen molar-refractivity contribution in [1.29, 1.82) is 0 Å². The van der Waals surface area contributed by atoms with E-state index >= 15 is 0 Å². The Kier molecular flexibility index (Phi) is 24.1. The Morgan fingerprint density at radius 1 is 1.02 bits per heavy atom. The molecule has 0 radical (unpaired) electrons. The Balaban J connectivity index is 0.00000120. The molecule has 4 N–H and O–H groups in total. The Morgan fingerprint density at radius 3 is 2.16 bits per heavy atom. The van der Waals surface area contributed by atoms with Gasteiger partial charge in [0.15, 0.2) is 16.1 Å². The van der Waals surface area contributed by atoms with Crippen molar-refractivity contribution in [3.05, 3.63) is 59.2 Å². The number of amides is 1. The fourth-order valence-electron chi connectivity index (χ4n) is 4.46. The number of nitrogens with zero attached hydrogens (tertiary/aromatic N) is 2. The fourth-order valence-corrected chi connectivity index (χ4v) is 5.63. The van der Waals surface area contributed by atoms with Crippen LogP contribution in [0, 0.1) is 19.8 Å². The van der Waals surface area contributed by atoms with Gasteiger partial charge in [-0.25, -0.2) is 4.79 Å². The van der Waals surface area contributed by atoms with E-state index in [0.717, 1.165) is 28.5 Å². The highest BCUT2D eigenvalue weighted by Gasteiger charge is 2.21. The van der Waals surface area contributed by atoms with Gasteiger partial charge in [-0.3, -0.25) is 4.79 Å². The van der Waals surface area contributed by atoms with E-state index < -0.39 is 12.2 Å². The number of aliphatic hydroxyl groups excluding tert-OH is 1. The van der Waals surface area contributed by atoms with Gasteiger partial charge in [-0.1, -0.05) is 70.9 Å². The largest absolute Gasteiger partial charge is 0.492 e. The van der Waals surface area contributed by atoms with Crippen LogP contribution in [-0.4, -0.2) is 69.8 Å². The van der Waals surface area contributed by atoms with Crippen LogP contribution in [-0.2, 0) is 4.74 Å². The summed E-state index contributed by atoms with van der Waals surface area (Å²) >= 11 is 6.90. The average molecular weight is 719 g/mol. The number of aliphatic hydroxyl groups is 1. The summed E-state index contributed by atoms with van der Waals surface area (Å²) < 4.78 is 11.2. The first-order valence-corrected chi connectivity index (χ1v) is 18.9. The quantitative estimate of drug-likeness (QED) is 0.0954.